The maximum atomic E-state index is 3.55. The van der Waals surface area contributed by atoms with Gasteiger partial charge in [0.1, 0.15) is 0 Å². The summed E-state index contributed by atoms with van der Waals surface area (Å²) in [5, 5.41) is 3.55. The van der Waals surface area contributed by atoms with Gasteiger partial charge in [-0.25, -0.2) is 0 Å². The van der Waals surface area contributed by atoms with Gasteiger partial charge in [-0.3, -0.25) is 0 Å². The minimum absolute atomic E-state index is 0.374. The smallest absolute Gasteiger partial charge is 0.00418 e. The van der Waals surface area contributed by atoms with Crippen molar-refractivity contribution < 1.29 is 0 Å². The van der Waals surface area contributed by atoms with Crippen molar-refractivity contribution in [2.24, 2.45) is 11.3 Å². The summed E-state index contributed by atoms with van der Waals surface area (Å²) < 4.78 is 0. The first-order valence-electron chi connectivity index (χ1n) is 6.26. The van der Waals surface area contributed by atoms with Gasteiger partial charge in [-0.05, 0) is 37.9 Å². The van der Waals surface area contributed by atoms with E-state index < -0.39 is 0 Å². The van der Waals surface area contributed by atoms with Crippen LogP contribution >= 0.6 is 0 Å². The van der Waals surface area contributed by atoms with E-state index in [9.17, 15) is 0 Å². The van der Waals surface area contributed by atoms with Gasteiger partial charge in [0.2, 0.25) is 0 Å². The summed E-state index contributed by atoms with van der Waals surface area (Å²) in [4.78, 5) is 2.43. The van der Waals surface area contributed by atoms with E-state index in [2.05, 4.69) is 51.9 Å². The normalized spacial score (nSPS) is 12.8. The molecule has 0 bridgehead atoms. The first kappa shape index (κ1) is 14.9. The highest BCUT2D eigenvalue weighted by molar-refractivity contribution is 4.75. The summed E-state index contributed by atoms with van der Waals surface area (Å²) in [6.45, 7) is 16.0. The molecule has 0 amide bonds. The highest BCUT2D eigenvalue weighted by atomic mass is 15.1. The predicted octanol–water partition coefficient (Wildman–Crippen LogP) is 2.60. The maximum absolute atomic E-state index is 3.55. The number of rotatable bonds is 8. The average Bonchev–Trinajstić information content (AvgIpc) is 2.01. The summed E-state index contributed by atoms with van der Waals surface area (Å²) in [5.74, 6) is 0.745. The molecule has 0 aliphatic heterocycles. The number of nitrogens with one attached hydrogen (secondary N) is 1. The number of nitrogens with zero attached hydrogens (tertiary/aromatic N) is 1. The van der Waals surface area contributed by atoms with Gasteiger partial charge < -0.3 is 10.2 Å². The maximum Gasteiger partial charge on any atom is 0.00418 e. The summed E-state index contributed by atoms with van der Waals surface area (Å²) in [6.07, 6.45) is 1.24. The Morgan fingerprint density at radius 1 is 1.27 bits per heavy atom. The fourth-order valence-corrected chi connectivity index (χ4v) is 1.95. The molecule has 0 rings (SSSR count). The van der Waals surface area contributed by atoms with Crippen LogP contribution in [0.5, 0.6) is 0 Å². The Hall–Kier alpha value is -0.0800. The van der Waals surface area contributed by atoms with Crippen molar-refractivity contribution in [2.45, 2.75) is 41.0 Å². The lowest BCUT2D eigenvalue weighted by Crippen LogP contribution is -2.40. The van der Waals surface area contributed by atoms with Crippen LogP contribution in [0.25, 0.3) is 0 Å². The van der Waals surface area contributed by atoms with E-state index in [1.165, 1.54) is 19.5 Å². The molecule has 0 aromatic heterocycles. The molecule has 0 heterocycles. The molecule has 0 spiro atoms. The van der Waals surface area contributed by atoms with E-state index >= 15 is 0 Å². The van der Waals surface area contributed by atoms with Crippen molar-refractivity contribution in [2.75, 3.05) is 33.2 Å². The van der Waals surface area contributed by atoms with Gasteiger partial charge in [-0.15, -0.1) is 0 Å². The molecule has 0 saturated heterocycles. The topological polar surface area (TPSA) is 15.3 Å². The Kier molecular flexibility index (Phi) is 7.20. The average molecular weight is 214 g/mol. The molecule has 15 heavy (non-hydrogen) atoms. The summed E-state index contributed by atoms with van der Waals surface area (Å²) >= 11 is 0. The van der Waals surface area contributed by atoms with Crippen LogP contribution in [-0.4, -0.2) is 38.1 Å². The van der Waals surface area contributed by atoms with Gasteiger partial charge in [0.15, 0.2) is 0 Å². The zero-order valence-corrected chi connectivity index (χ0v) is 11.6. The van der Waals surface area contributed by atoms with Crippen molar-refractivity contribution in [1.29, 1.82) is 0 Å². The van der Waals surface area contributed by atoms with Crippen molar-refractivity contribution in [1.82, 2.24) is 10.2 Å². The molecule has 0 aliphatic carbocycles. The fourth-order valence-electron chi connectivity index (χ4n) is 1.95. The van der Waals surface area contributed by atoms with Crippen molar-refractivity contribution in [3.8, 4) is 0 Å². The van der Waals surface area contributed by atoms with Crippen molar-refractivity contribution >= 4 is 0 Å². The van der Waals surface area contributed by atoms with Crippen LogP contribution < -0.4 is 5.32 Å². The quantitative estimate of drug-likeness (QED) is 0.668. The zero-order valence-electron chi connectivity index (χ0n) is 11.6. The molecule has 0 aromatic rings. The van der Waals surface area contributed by atoms with E-state index in [1.807, 2.05) is 0 Å². The Balaban J connectivity index is 3.75. The molecule has 0 saturated carbocycles. The molecule has 2 heteroatoms. The number of hydrogen-bond acceptors (Lipinski definition) is 2. The van der Waals surface area contributed by atoms with E-state index in [-0.39, 0.29) is 0 Å². The van der Waals surface area contributed by atoms with E-state index in [4.69, 9.17) is 0 Å². The van der Waals surface area contributed by atoms with Crippen LogP contribution in [0.15, 0.2) is 0 Å². The Bertz CT molecular complexity index is 153. The highest BCUT2D eigenvalue weighted by Crippen LogP contribution is 2.15. The Labute approximate surface area is 96.4 Å². The zero-order chi connectivity index (χ0) is 11.9. The first-order valence-corrected chi connectivity index (χ1v) is 6.26. The van der Waals surface area contributed by atoms with Crippen LogP contribution in [0.3, 0.4) is 0 Å². The van der Waals surface area contributed by atoms with Gasteiger partial charge in [0, 0.05) is 13.1 Å². The predicted molar refractivity (Wildman–Crippen MR) is 69.3 cm³/mol. The Morgan fingerprint density at radius 2 is 1.87 bits per heavy atom. The van der Waals surface area contributed by atoms with Gasteiger partial charge >= 0.3 is 0 Å². The first-order chi connectivity index (χ1) is 6.87. The molecular formula is C13H30N2. The van der Waals surface area contributed by atoms with E-state index in [0.717, 1.165) is 19.0 Å². The lowest BCUT2D eigenvalue weighted by molar-refractivity contribution is 0.203. The van der Waals surface area contributed by atoms with Crippen molar-refractivity contribution in [3.05, 3.63) is 0 Å². The SMILES string of the molecule is CCCN(C)CC(C)(C)CNCC(C)C. The second-order valence-electron chi connectivity index (χ2n) is 5.93. The van der Waals surface area contributed by atoms with Gasteiger partial charge in [0.05, 0.1) is 0 Å². The van der Waals surface area contributed by atoms with Gasteiger partial charge in [-0.2, -0.15) is 0 Å². The third-order valence-electron chi connectivity index (χ3n) is 2.46. The standard InChI is InChI=1S/C13H30N2/c1-7-8-15(6)11-13(4,5)10-14-9-12(2)3/h12,14H,7-11H2,1-6H3. The van der Waals surface area contributed by atoms with E-state index in [0.29, 0.717) is 5.41 Å². The minimum atomic E-state index is 0.374. The lowest BCUT2D eigenvalue weighted by atomic mass is 9.92. The van der Waals surface area contributed by atoms with Crippen LogP contribution in [-0.2, 0) is 0 Å². The Morgan fingerprint density at radius 3 is 2.33 bits per heavy atom. The summed E-state index contributed by atoms with van der Waals surface area (Å²) in [6, 6.07) is 0. The molecule has 92 valence electrons. The molecule has 0 radical (unpaired) electrons. The molecule has 0 atom stereocenters. The molecule has 0 unspecified atom stereocenters. The fraction of sp³-hybridized carbons (Fsp3) is 1.00. The summed E-state index contributed by atoms with van der Waals surface area (Å²) in [5.41, 5.74) is 0.374. The highest BCUT2D eigenvalue weighted by Gasteiger charge is 2.19. The molecule has 1 N–H and O–H groups in total. The second kappa shape index (κ2) is 7.24. The van der Waals surface area contributed by atoms with Crippen LogP contribution in [0.4, 0.5) is 0 Å². The second-order valence-corrected chi connectivity index (χ2v) is 5.93. The van der Waals surface area contributed by atoms with Crippen LogP contribution in [0.1, 0.15) is 41.0 Å². The van der Waals surface area contributed by atoms with Gasteiger partial charge in [0.25, 0.3) is 0 Å². The molecule has 0 aromatic carbocycles. The molecular weight excluding hydrogens is 184 g/mol. The van der Waals surface area contributed by atoms with Crippen LogP contribution in [0.2, 0.25) is 0 Å². The van der Waals surface area contributed by atoms with E-state index in [1.54, 1.807) is 0 Å². The third kappa shape index (κ3) is 8.88. The van der Waals surface area contributed by atoms with Crippen molar-refractivity contribution in [3.63, 3.8) is 0 Å². The minimum Gasteiger partial charge on any atom is -0.316 e. The largest absolute Gasteiger partial charge is 0.316 e. The lowest BCUT2D eigenvalue weighted by Gasteiger charge is -2.30. The molecule has 2 nitrogen and oxygen atoms in total. The molecule has 0 aliphatic rings. The third-order valence-corrected chi connectivity index (χ3v) is 2.46. The van der Waals surface area contributed by atoms with Gasteiger partial charge in [-0.1, -0.05) is 34.6 Å². The molecule has 0 fully saturated rings. The monoisotopic (exact) mass is 214 g/mol. The number of hydrogen-bond donors (Lipinski definition) is 1. The summed E-state index contributed by atoms with van der Waals surface area (Å²) in [7, 11) is 2.22. The van der Waals surface area contributed by atoms with Crippen LogP contribution in [0, 0.1) is 11.3 Å².